The van der Waals surface area contributed by atoms with Gasteiger partial charge in [0.05, 0.1) is 10.9 Å². The fourth-order valence-electron chi connectivity index (χ4n) is 1.18. The lowest BCUT2D eigenvalue weighted by Crippen LogP contribution is -1.96. The lowest BCUT2D eigenvalue weighted by molar-refractivity contribution is 0.0692. The second-order valence-corrected chi connectivity index (χ2v) is 2.75. The number of aryl methyl sites for hydroxylation is 1. The average Bonchev–Trinajstić information content (AvgIpc) is 2.46. The zero-order valence-electron chi connectivity index (χ0n) is 6.90. The summed E-state index contributed by atoms with van der Waals surface area (Å²) in [4.78, 5) is 14.6. The fraction of sp³-hybridized carbons (Fsp3) is 0.125. The Morgan fingerprint density at radius 1 is 1.62 bits per heavy atom. The van der Waals surface area contributed by atoms with E-state index in [1.165, 1.54) is 6.20 Å². The number of fused-ring (bicyclic) bond motifs is 1. The molecule has 0 saturated heterocycles. The first-order chi connectivity index (χ1) is 6.18. The SMILES string of the molecule is Cc1cc2[nH]nc(C(=O)O)c2cn1. The number of nitrogens with one attached hydrogen (secondary N) is 1. The largest absolute Gasteiger partial charge is 0.476 e. The van der Waals surface area contributed by atoms with Gasteiger partial charge in [0.1, 0.15) is 0 Å². The van der Waals surface area contributed by atoms with Gasteiger partial charge in [0.15, 0.2) is 5.69 Å². The summed E-state index contributed by atoms with van der Waals surface area (Å²) in [5.74, 6) is -1.04. The summed E-state index contributed by atoms with van der Waals surface area (Å²) >= 11 is 0. The molecule has 2 N–H and O–H groups in total. The van der Waals surface area contributed by atoms with Crippen molar-refractivity contribution in [2.24, 2.45) is 0 Å². The van der Waals surface area contributed by atoms with Gasteiger partial charge in [0, 0.05) is 11.9 Å². The summed E-state index contributed by atoms with van der Waals surface area (Å²) in [6, 6.07) is 1.76. The monoisotopic (exact) mass is 177 g/mol. The minimum Gasteiger partial charge on any atom is -0.476 e. The van der Waals surface area contributed by atoms with E-state index in [0.717, 1.165) is 5.69 Å². The maximum Gasteiger partial charge on any atom is 0.357 e. The third-order valence-electron chi connectivity index (χ3n) is 1.79. The molecule has 2 aromatic rings. The lowest BCUT2D eigenvalue weighted by atomic mass is 10.2. The van der Waals surface area contributed by atoms with E-state index in [-0.39, 0.29) is 5.69 Å². The molecule has 0 radical (unpaired) electrons. The lowest BCUT2D eigenvalue weighted by Gasteiger charge is -1.91. The summed E-state index contributed by atoms with van der Waals surface area (Å²) in [6.07, 6.45) is 1.51. The Balaban J connectivity index is 2.76. The van der Waals surface area contributed by atoms with Crippen LogP contribution in [0.2, 0.25) is 0 Å². The van der Waals surface area contributed by atoms with Crippen molar-refractivity contribution in [1.29, 1.82) is 0 Å². The van der Waals surface area contributed by atoms with Crippen LogP contribution in [-0.2, 0) is 0 Å². The topological polar surface area (TPSA) is 78.9 Å². The Kier molecular flexibility index (Phi) is 1.51. The summed E-state index contributed by atoms with van der Waals surface area (Å²) in [5, 5.41) is 15.6. The Morgan fingerprint density at radius 3 is 3.08 bits per heavy atom. The first kappa shape index (κ1) is 7.72. The molecule has 0 aromatic carbocycles. The van der Waals surface area contributed by atoms with Crippen molar-refractivity contribution in [2.45, 2.75) is 6.92 Å². The third-order valence-corrected chi connectivity index (χ3v) is 1.79. The van der Waals surface area contributed by atoms with Crippen LogP contribution in [0.15, 0.2) is 12.3 Å². The minimum absolute atomic E-state index is 0.0162. The van der Waals surface area contributed by atoms with Crippen LogP contribution >= 0.6 is 0 Å². The number of carbonyl (C=O) groups is 1. The number of pyridine rings is 1. The molecule has 0 aliphatic rings. The molecule has 0 aliphatic heterocycles. The van der Waals surface area contributed by atoms with E-state index in [1.54, 1.807) is 6.07 Å². The number of aromatic carboxylic acids is 1. The van der Waals surface area contributed by atoms with Gasteiger partial charge in [-0.25, -0.2) is 4.79 Å². The second kappa shape index (κ2) is 2.55. The highest BCUT2D eigenvalue weighted by molar-refractivity contribution is 6.00. The van der Waals surface area contributed by atoms with E-state index in [0.29, 0.717) is 10.9 Å². The van der Waals surface area contributed by atoms with Gasteiger partial charge in [-0.05, 0) is 13.0 Å². The van der Waals surface area contributed by atoms with Crippen molar-refractivity contribution < 1.29 is 9.90 Å². The van der Waals surface area contributed by atoms with Crippen molar-refractivity contribution in [1.82, 2.24) is 15.2 Å². The summed E-state index contributed by atoms with van der Waals surface area (Å²) in [7, 11) is 0. The molecular formula is C8H7N3O2. The number of aromatic amines is 1. The van der Waals surface area contributed by atoms with E-state index in [4.69, 9.17) is 5.11 Å². The van der Waals surface area contributed by atoms with Crippen LogP contribution in [0.3, 0.4) is 0 Å². The van der Waals surface area contributed by atoms with Crippen LogP contribution in [0, 0.1) is 6.92 Å². The number of aromatic nitrogens is 3. The van der Waals surface area contributed by atoms with E-state index in [2.05, 4.69) is 15.2 Å². The van der Waals surface area contributed by atoms with Crippen molar-refractivity contribution in [3.05, 3.63) is 23.7 Å². The Labute approximate surface area is 73.4 Å². The maximum absolute atomic E-state index is 10.7. The van der Waals surface area contributed by atoms with Gasteiger partial charge < -0.3 is 5.11 Å². The number of hydrogen-bond donors (Lipinski definition) is 2. The molecule has 66 valence electrons. The van der Waals surface area contributed by atoms with Gasteiger partial charge in [0.2, 0.25) is 0 Å². The van der Waals surface area contributed by atoms with Crippen molar-refractivity contribution in [3.63, 3.8) is 0 Å². The molecule has 0 amide bonds. The maximum atomic E-state index is 10.7. The van der Waals surface area contributed by atoms with Gasteiger partial charge in [-0.15, -0.1) is 0 Å². The molecular weight excluding hydrogens is 170 g/mol. The Morgan fingerprint density at radius 2 is 2.38 bits per heavy atom. The van der Waals surface area contributed by atoms with Crippen LogP contribution < -0.4 is 0 Å². The standard InChI is InChI=1S/C8H7N3O2/c1-4-2-6-5(3-9-4)7(8(12)13)11-10-6/h2-3H,1H3,(H,10,11)(H,12,13). The predicted molar refractivity (Wildman–Crippen MR) is 45.6 cm³/mol. The molecule has 0 fully saturated rings. The molecule has 0 unspecified atom stereocenters. The van der Waals surface area contributed by atoms with E-state index >= 15 is 0 Å². The van der Waals surface area contributed by atoms with Crippen molar-refractivity contribution >= 4 is 16.9 Å². The quantitative estimate of drug-likeness (QED) is 0.680. The van der Waals surface area contributed by atoms with Gasteiger partial charge in [-0.2, -0.15) is 5.10 Å². The number of hydrogen-bond acceptors (Lipinski definition) is 3. The number of carboxylic acid groups (broad SMARTS) is 1. The van der Waals surface area contributed by atoms with E-state index < -0.39 is 5.97 Å². The summed E-state index contributed by atoms with van der Waals surface area (Å²) < 4.78 is 0. The smallest absolute Gasteiger partial charge is 0.357 e. The first-order valence-corrected chi connectivity index (χ1v) is 3.72. The molecule has 2 rings (SSSR count). The zero-order chi connectivity index (χ0) is 9.42. The minimum atomic E-state index is -1.04. The summed E-state index contributed by atoms with van der Waals surface area (Å²) in [5.41, 5.74) is 1.54. The van der Waals surface area contributed by atoms with Crippen molar-refractivity contribution in [3.8, 4) is 0 Å². The zero-order valence-corrected chi connectivity index (χ0v) is 6.90. The molecule has 5 heteroatoms. The molecule has 2 heterocycles. The molecule has 0 atom stereocenters. The van der Waals surface area contributed by atoms with Gasteiger partial charge >= 0.3 is 5.97 Å². The Hall–Kier alpha value is -1.91. The second-order valence-electron chi connectivity index (χ2n) is 2.75. The normalized spacial score (nSPS) is 10.5. The highest BCUT2D eigenvalue weighted by Crippen LogP contribution is 2.14. The molecule has 13 heavy (non-hydrogen) atoms. The molecule has 5 nitrogen and oxygen atoms in total. The molecule has 0 saturated carbocycles. The van der Waals surface area contributed by atoms with Crippen LogP contribution in [0.4, 0.5) is 0 Å². The molecule has 0 aliphatic carbocycles. The van der Waals surface area contributed by atoms with Crippen LogP contribution in [0.25, 0.3) is 10.9 Å². The number of rotatable bonds is 1. The van der Waals surface area contributed by atoms with Crippen molar-refractivity contribution in [2.75, 3.05) is 0 Å². The first-order valence-electron chi connectivity index (χ1n) is 3.72. The molecule has 2 aromatic heterocycles. The fourth-order valence-corrected chi connectivity index (χ4v) is 1.18. The van der Waals surface area contributed by atoms with E-state index in [9.17, 15) is 4.79 Å². The van der Waals surface area contributed by atoms with Gasteiger partial charge in [-0.3, -0.25) is 10.1 Å². The summed E-state index contributed by atoms with van der Waals surface area (Å²) in [6.45, 7) is 1.83. The average molecular weight is 177 g/mol. The van der Waals surface area contributed by atoms with Gasteiger partial charge in [-0.1, -0.05) is 0 Å². The van der Waals surface area contributed by atoms with Gasteiger partial charge in [0.25, 0.3) is 0 Å². The molecule has 0 spiro atoms. The number of carboxylic acids is 1. The van der Waals surface area contributed by atoms with Crippen LogP contribution in [-0.4, -0.2) is 26.3 Å². The Bertz CT molecular complexity index is 475. The van der Waals surface area contributed by atoms with Crippen LogP contribution in [0.1, 0.15) is 16.2 Å². The van der Waals surface area contributed by atoms with Crippen LogP contribution in [0.5, 0.6) is 0 Å². The highest BCUT2D eigenvalue weighted by Gasteiger charge is 2.12. The molecule has 0 bridgehead atoms. The predicted octanol–water partition coefficient (Wildman–Crippen LogP) is 0.965. The van der Waals surface area contributed by atoms with E-state index in [1.807, 2.05) is 6.92 Å². The highest BCUT2D eigenvalue weighted by atomic mass is 16.4. The number of H-pyrrole nitrogens is 1. The number of nitrogens with zero attached hydrogens (tertiary/aromatic N) is 2. The third kappa shape index (κ3) is 1.14.